The number of carboxylic acids is 1. The number of aromatic carboxylic acids is 1. The molecule has 0 radical (unpaired) electrons. The molecule has 0 amide bonds. The molecular weight excluding hydrogens is 254 g/mol. The van der Waals surface area contributed by atoms with Crippen LogP contribution < -0.4 is 5.56 Å². The number of aryl methyl sites for hydroxylation is 1. The minimum Gasteiger partial charge on any atom is -0.506 e. The van der Waals surface area contributed by atoms with Gasteiger partial charge in [0.2, 0.25) is 0 Å². The second kappa shape index (κ2) is 3.83. The smallest absolute Gasteiger partial charge is 0.345 e. The van der Waals surface area contributed by atoms with Crippen LogP contribution in [-0.2, 0) is 6.54 Å². The number of carbonyl (C=O) groups is 1. The van der Waals surface area contributed by atoms with E-state index in [4.69, 9.17) is 5.11 Å². The molecule has 0 bridgehead atoms. The fourth-order valence-electron chi connectivity index (χ4n) is 1.05. The van der Waals surface area contributed by atoms with Gasteiger partial charge in [-0.3, -0.25) is 4.79 Å². The van der Waals surface area contributed by atoms with E-state index in [0.717, 1.165) is 0 Å². The third-order valence-electron chi connectivity index (χ3n) is 1.76. The molecule has 1 aromatic heterocycles. The lowest BCUT2D eigenvalue weighted by Gasteiger charge is -2.06. The van der Waals surface area contributed by atoms with Gasteiger partial charge in [0.05, 0.1) is 4.47 Å². The summed E-state index contributed by atoms with van der Waals surface area (Å²) in [5.41, 5.74) is -1.32. The van der Waals surface area contributed by atoms with E-state index >= 15 is 0 Å². The van der Waals surface area contributed by atoms with Crippen LogP contribution in [-0.4, -0.2) is 20.7 Å². The summed E-state index contributed by atoms with van der Waals surface area (Å²) in [5.74, 6) is -1.97. The van der Waals surface area contributed by atoms with Gasteiger partial charge in [0.1, 0.15) is 0 Å². The number of rotatable bonds is 2. The van der Waals surface area contributed by atoms with Crippen molar-refractivity contribution >= 4 is 21.9 Å². The first-order chi connectivity index (χ1) is 6.49. The second-order valence-electron chi connectivity index (χ2n) is 2.60. The first-order valence-electron chi connectivity index (χ1n) is 3.84. The molecule has 5 nitrogen and oxygen atoms in total. The standard InChI is InChI=1S/C8H8BrNO4/c1-2-10-3-4(9)6(11)5(7(10)12)8(13)14/h3,11H,2H2,1H3,(H,13,14). The Morgan fingerprint density at radius 2 is 2.21 bits per heavy atom. The maximum Gasteiger partial charge on any atom is 0.345 e. The first-order valence-corrected chi connectivity index (χ1v) is 4.63. The highest BCUT2D eigenvalue weighted by Crippen LogP contribution is 2.24. The molecule has 1 aromatic rings. The summed E-state index contributed by atoms with van der Waals surface area (Å²) in [6, 6.07) is 0. The van der Waals surface area contributed by atoms with Gasteiger partial charge in [-0.05, 0) is 22.9 Å². The first kappa shape index (κ1) is 10.8. The van der Waals surface area contributed by atoms with Gasteiger partial charge < -0.3 is 14.8 Å². The van der Waals surface area contributed by atoms with E-state index < -0.39 is 22.8 Å². The predicted molar refractivity (Wildman–Crippen MR) is 52.7 cm³/mol. The molecule has 0 aromatic carbocycles. The molecule has 0 spiro atoms. The van der Waals surface area contributed by atoms with E-state index in [1.165, 1.54) is 10.8 Å². The summed E-state index contributed by atoms with van der Waals surface area (Å²) < 4.78 is 1.39. The normalized spacial score (nSPS) is 10.1. The zero-order chi connectivity index (χ0) is 10.9. The lowest BCUT2D eigenvalue weighted by atomic mass is 10.2. The molecule has 0 saturated heterocycles. The Balaban J connectivity index is 3.62. The molecule has 0 atom stereocenters. The van der Waals surface area contributed by atoms with Gasteiger partial charge >= 0.3 is 5.97 Å². The Morgan fingerprint density at radius 1 is 1.64 bits per heavy atom. The minimum absolute atomic E-state index is 0.191. The molecule has 14 heavy (non-hydrogen) atoms. The quantitative estimate of drug-likeness (QED) is 0.834. The van der Waals surface area contributed by atoms with Crippen molar-refractivity contribution in [1.29, 1.82) is 0 Å². The molecule has 6 heteroatoms. The number of halogens is 1. The van der Waals surface area contributed by atoms with Gasteiger partial charge in [-0.1, -0.05) is 0 Å². The van der Waals surface area contributed by atoms with Crippen molar-refractivity contribution < 1.29 is 15.0 Å². The Morgan fingerprint density at radius 3 is 2.64 bits per heavy atom. The van der Waals surface area contributed by atoms with E-state index in [9.17, 15) is 14.7 Å². The highest BCUT2D eigenvalue weighted by molar-refractivity contribution is 9.10. The highest BCUT2D eigenvalue weighted by atomic mass is 79.9. The van der Waals surface area contributed by atoms with Crippen LogP contribution >= 0.6 is 15.9 Å². The summed E-state index contributed by atoms with van der Waals surface area (Å²) in [4.78, 5) is 22.1. The molecule has 0 aliphatic heterocycles. The second-order valence-corrected chi connectivity index (χ2v) is 3.45. The average Bonchev–Trinajstić information content (AvgIpc) is 2.11. The Labute approximate surface area is 87.7 Å². The summed E-state index contributed by atoms with van der Waals surface area (Å²) in [7, 11) is 0. The number of carboxylic acid groups (broad SMARTS) is 1. The van der Waals surface area contributed by atoms with E-state index in [1.54, 1.807) is 6.92 Å². The van der Waals surface area contributed by atoms with E-state index in [2.05, 4.69) is 15.9 Å². The molecule has 0 aliphatic rings. The maximum absolute atomic E-state index is 11.4. The van der Waals surface area contributed by atoms with Crippen molar-refractivity contribution in [3.63, 3.8) is 0 Å². The lowest BCUT2D eigenvalue weighted by Crippen LogP contribution is -2.25. The van der Waals surface area contributed by atoms with Crippen LogP contribution in [0.4, 0.5) is 0 Å². The van der Waals surface area contributed by atoms with Crippen LogP contribution in [0.15, 0.2) is 15.5 Å². The van der Waals surface area contributed by atoms with Crippen molar-refractivity contribution in [3.05, 3.63) is 26.6 Å². The lowest BCUT2D eigenvalue weighted by molar-refractivity contribution is 0.0690. The summed E-state index contributed by atoms with van der Waals surface area (Å²) in [6.07, 6.45) is 1.35. The molecule has 0 aliphatic carbocycles. The average molecular weight is 262 g/mol. The molecule has 0 fully saturated rings. The predicted octanol–water partition coefficient (Wildman–Crippen LogP) is 1.03. The molecule has 0 unspecified atom stereocenters. The summed E-state index contributed by atoms with van der Waals surface area (Å²) in [5, 5.41) is 18.0. The molecule has 1 rings (SSSR count). The minimum atomic E-state index is -1.43. The van der Waals surface area contributed by atoms with Gasteiger partial charge in [-0.25, -0.2) is 4.79 Å². The van der Waals surface area contributed by atoms with Crippen molar-refractivity contribution in [2.75, 3.05) is 0 Å². The number of hydrogen-bond acceptors (Lipinski definition) is 3. The molecule has 2 N–H and O–H groups in total. The Hall–Kier alpha value is -1.30. The number of nitrogens with zero attached hydrogens (tertiary/aromatic N) is 1. The maximum atomic E-state index is 11.4. The molecule has 1 heterocycles. The van der Waals surface area contributed by atoms with Crippen molar-refractivity contribution in [3.8, 4) is 5.75 Å². The largest absolute Gasteiger partial charge is 0.506 e. The summed E-state index contributed by atoms with van der Waals surface area (Å²) in [6.45, 7) is 2.05. The van der Waals surface area contributed by atoms with Gasteiger partial charge in [-0.15, -0.1) is 0 Å². The van der Waals surface area contributed by atoms with Crippen LogP contribution in [0, 0.1) is 0 Å². The van der Waals surface area contributed by atoms with Crippen LogP contribution in [0.1, 0.15) is 17.3 Å². The SMILES string of the molecule is CCn1cc(Br)c(O)c(C(=O)O)c1=O. The van der Waals surface area contributed by atoms with Crippen molar-refractivity contribution in [2.45, 2.75) is 13.5 Å². The van der Waals surface area contributed by atoms with Crippen LogP contribution in [0.2, 0.25) is 0 Å². The van der Waals surface area contributed by atoms with Crippen LogP contribution in [0.5, 0.6) is 5.75 Å². The van der Waals surface area contributed by atoms with Crippen molar-refractivity contribution in [2.24, 2.45) is 0 Å². The topological polar surface area (TPSA) is 79.5 Å². The molecular formula is C8H8BrNO4. The zero-order valence-electron chi connectivity index (χ0n) is 7.32. The summed E-state index contributed by atoms with van der Waals surface area (Å²) >= 11 is 2.97. The van der Waals surface area contributed by atoms with Crippen LogP contribution in [0.25, 0.3) is 0 Å². The third kappa shape index (κ3) is 1.65. The van der Waals surface area contributed by atoms with Gasteiger partial charge in [-0.2, -0.15) is 0 Å². The zero-order valence-corrected chi connectivity index (χ0v) is 8.91. The number of aromatic hydroxyl groups is 1. The molecule has 0 saturated carbocycles. The van der Waals surface area contributed by atoms with Gasteiger partial charge in [0.25, 0.3) is 5.56 Å². The fraction of sp³-hybridized carbons (Fsp3) is 0.250. The van der Waals surface area contributed by atoms with Gasteiger partial charge in [0.15, 0.2) is 11.3 Å². The van der Waals surface area contributed by atoms with E-state index in [0.29, 0.717) is 6.54 Å². The molecule has 76 valence electrons. The van der Waals surface area contributed by atoms with E-state index in [1.807, 2.05) is 0 Å². The van der Waals surface area contributed by atoms with Crippen LogP contribution in [0.3, 0.4) is 0 Å². The Bertz CT molecular complexity index is 438. The van der Waals surface area contributed by atoms with E-state index in [-0.39, 0.29) is 4.47 Å². The number of hydrogen-bond donors (Lipinski definition) is 2. The Kier molecular flexibility index (Phi) is 2.95. The van der Waals surface area contributed by atoms with Crippen molar-refractivity contribution in [1.82, 2.24) is 4.57 Å². The van der Waals surface area contributed by atoms with Gasteiger partial charge in [0, 0.05) is 12.7 Å². The highest BCUT2D eigenvalue weighted by Gasteiger charge is 2.19. The monoisotopic (exact) mass is 261 g/mol. The number of pyridine rings is 1. The third-order valence-corrected chi connectivity index (χ3v) is 2.34. The fourth-order valence-corrected chi connectivity index (χ4v) is 1.49. The number of aromatic nitrogens is 1.